The second kappa shape index (κ2) is 14.7. The highest BCUT2D eigenvalue weighted by Crippen LogP contribution is 2.33. The monoisotopic (exact) mass is 709 g/mol. The largest absolute Gasteiger partial charge is 0.434 e. The quantitative estimate of drug-likeness (QED) is 0.0772. The zero-order valence-electron chi connectivity index (χ0n) is 26.5. The van der Waals surface area contributed by atoms with Gasteiger partial charge in [-0.2, -0.15) is 0 Å². The number of oxazole rings is 1. The summed E-state index contributed by atoms with van der Waals surface area (Å²) in [5.74, 6) is -8.40. The third kappa shape index (κ3) is 7.42. The van der Waals surface area contributed by atoms with Crippen LogP contribution in [0.15, 0.2) is 77.2 Å². The molecule has 5 aromatic rings. The fourth-order valence-corrected chi connectivity index (χ4v) is 5.58. The zero-order chi connectivity index (χ0) is 37.0. The Labute approximate surface area is 293 Å². The van der Waals surface area contributed by atoms with E-state index in [1.165, 1.54) is 12.1 Å². The highest BCUT2D eigenvalue weighted by Gasteiger charge is 2.36. The minimum atomic E-state index is -1.44. The van der Waals surface area contributed by atoms with Crippen molar-refractivity contribution in [2.75, 3.05) is 11.9 Å². The first-order chi connectivity index (χ1) is 24.3. The van der Waals surface area contributed by atoms with Crippen LogP contribution in [0.3, 0.4) is 0 Å². The van der Waals surface area contributed by atoms with Crippen molar-refractivity contribution in [3.05, 3.63) is 117 Å². The molecule has 0 saturated carbocycles. The number of hydrogen-bond acceptors (Lipinski definition) is 9. The van der Waals surface area contributed by atoms with Gasteiger partial charge in [0, 0.05) is 23.6 Å². The molecule has 0 fully saturated rings. The van der Waals surface area contributed by atoms with Gasteiger partial charge in [-0.15, -0.1) is 0 Å². The van der Waals surface area contributed by atoms with E-state index in [2.05, 4.69) is 15.6 Å². The lowest BCUT2D eigenvalue weighted by Gasteiger charge is -2.22. The molecule has 4 aromatic carbocycles. The molecule has 0 aliphatic rings. The lowest BCUT2D eigenvalue weighted by molar-refractivity contribution is 0.0911. The van der Waals surface area contributed by atoms with Crippen molar-refractivity contribution in [3.8, 4) is 11.1 Å². The average Bonchev–Trinajstić information content (AvgIpc) is 3.53. The minimum absolute atomic E-state index is 0.000772. The van der Waals surface area contributed by atoms with Gasteiger partial charge in [-0.25, -0.2) is 4.98 Å². The number of aromatic nitrogens is 1. The number of para-hydroxylation sites is 2. The Balaban J connectivity index is 1.48. The smallest absolute Gasteiger partial charge is 0.264 e. The number of benzene rings is 4. The molecule has 51 heavy (non-hydrogen) atoms. The van der Waals surface area contributed by atoms with E-state index in [4.69, 9.17) is 39.0 Å². The molecule has 0 radical (unpaired) electrons. The third-order valence-electron chi connectivity index (χ3n) is 7.65. The average molecular weight is 710 g/mol. The lowest BCUT2D eigenvalue weighted by Crippen LogP contribution is -2.37. The van der Waals surface area contributed by atoms with Crippen LogP contribution in [0.25, 0.3) is 22.2 Å². The van der Waals surface area contributed by atoms with E-state index in [-0.39, 0.29) is 30.8 Å². The van der Waals surface area contributed by atoms with E-state index < -0.39 is 74.7 Å². The van der Waals surface area contributed by atoms with Crippen molar-refractivity contribution in [3.63, 3.8) is 0 Å². The minimum Gasteiger partial charge on any atom is -0.434 e. The molecule has 1 heterocycles. The SMILES string of the molecule is NC(=O)c1c(NC(=O)c2ccc(-c3cccc(Cl)c3)cc2)c(C(N)=O)c(C(=O)NCCCC(=O)c2nc3ccccc3o2)c(C(N)=O)c1C(N)=O. The van der Waals surface area contributed by atoms with E-state index in [1.807, 2.05) is 0 Å². The van der Waals surface area contributed by atoms with E-state index in [1.54, 1.807) is 60.7 Å². The third-order valence-corrected chi connectivity index (χ3v) is 7.89. The standard InChI is InChI=1S/C35H28ClN7O8/c36-19-6-3-5-18(15-19)16-10-12-17(13-11-16)33(49)43-28-26(31(39)47)24(30(38)46)23(29(37)45)25(27(28)32(40)48)34(50)41-14-4-8-21(44)35-42-20-7-1-2-9-22(20)51-35/h1-3,5-7,9-13,15H,4,8,14H2,(H2,37,45)(H2,38,46)(H2,39,47)(H2,40,48)(H,41,50)(H,43,49). The number of anilines is 1. The number of hydrogen-bond donors (Lipinski definition) is 6. The van der Waals surface area contributed by atoms with Crippen molar-refractivity contribution in [1.82, 2.24) is 10.3 Å². The van der Waals surface area contributed by atoms with E-state index in [0.717, 1.165) is 5.56 Å². The number of carbonyl (C=O) groups excluding carboxylic acids is 7. The Kier molecular flexibility index (Phi) is 10.2. The Morgan fingerprint density at radius 3 is 1.88 bits per heavy atom. The Bertz CT molecular complexity index is 2250. The van der Waals surface area contributed by atoms with Crippen LogP contribution in [0, 0.1) is 0 Å². The summed E-state index contributed by atoms with van der Waals surface area (Å²) >= 11 is 6.08. The molecule has 0 unspecified atom stereocenters. The van der Waals surface area contributed by atoms with Crippen LogP contribution >= 0.6 is 11.6 Å². The van der Waals surface area contributed by atoms with Gasteiger partial charge in [-0.3, -0.25) is 33.6 Å². The van der Waals surface area contributed by atoms with Crippen LogP contribution < -0.4 is 33.6 Å². The van der Waals surface area contributed by atoms with Crippen LogP contribution in [0.2, 0.25) is 5.02 Å². The Morgan fingerprint density at radius 1 is 0.667 bits per heavy atom. The molecule has 5 rings (SSSR count). The molecule has 6 amide bonds. The van der Waals surface area contributed by atoms with E-state index >= 15 is 0 Å². The summed E-state index contributed by atoms with van der Waals surface area (Å²) in [6, 6.07) is 19.7. The predicted molar refractivity (Wildman–Crippen MR) is 185 cm³/mol. The number of rotatable bonds is 13. The summed E-state index contributed by atoms with van der Waals surface area (Å²) in [6.07, 6.45) is -0.110. The van der Waals surface area contributed by atoms with Gasteiger partial charge < -0.3 is 38.0 Å². The van der Waals surface area contributed by atoms with E-state index in [9.17, 15) is 33.6 Å². The van der Waals surface area contributed by atoms with E-state index in [0.29, 0.717) is 21.7 Å². The Hall–Kier alpha value is -6.87. The number of primary amides is 4. The van der Waals surface area contributed by atoms with Crippen molar-refractivity contribution in [1.29, 1.82) is 0 Å². The number of nitrogens with zero attached hydrogens (tertiary/aromatic N) is 1. The van der Waals surface area contributed by atoms with Gasteiger partial charge in [0.2, 0.25) is 17.6 Å². The second-order valence-electron chi connectivity index (χ2n) is 11.0. The van der Waals surface area contributed by atoms with Crippen LogP contribution in [0.4, 0.5) is 5.69 Å². The molecule has 258 valence electrons. The Morgan fingerprint density at radius 2 is 1.27 bits per heavy atom. The molecule has 0 aliphatic carbocycles. The highest BCUT2D eigenvalue weighted by atomic mass is 35.5. The predicted octanol–water partition coefficient (Wildman–Crippen LogP) is 3.19. The summed E-state index contributed by atoms with van der Waals surface area (Å²) in [6.45, 7) is -0.217. The molecule has 1 aromatic heterocycles. The number of halogens is 1. The fraction of sp³-hybridized carbons (Fsp3) is 0.0857. The molecule has 0 spiro atoms. The highest BCUT2D eigenvalue weighted by molar-refractivity contribution is 6.31. The van der Waals surface area contributed by atoms with Gasteiger partial charge >= 0.3 is 0 Å². The summed E-state index contributed by atoms with van der Waals surface area (Å²) in [5, 5.41) is 5.25. The number of amides is 6. The number of Topliss-reactive ketones (excluding diaryl/α,β-unsaturated/α-hetero) is 1. The van der Waals surface area contributed by atoms with Gasteiger partial charge in [-0.1, -0.05) is 48.0 Å². The molecule has 0 aliphatic heterocycles. The number of ketones is 1. The van der Waals surface area contributed by atoms with Gasteiger partial charge in [0.1, 0.15) is 5.52 Å². The van der Waals surface area contributed by atoms with Crippen LogP contribution in [0.5, 0.6) is 0 Å². The van der Waals surface area contributed by atoms with Crippen molar-refractivity contribution < 1.29 is 38.0 Å². The van der Waals surface area contributed by atoms with Gasteiger partial charge in [0.05, 0.1) is 33.5 Å². The summed E-state index contributed by atoms with van der Waals surface area (Å²) < 4.78 is 5.46. The zero-order valence-corrected chi connectivity index (χ0v) is 27.2. The normalized spacial score (nSPS) is 10.8. The summed E-state index contributed by atoms with van der Waals surface area (Å²) in [5.41, 5.74) is 19.4. The molecule has 0 bridgehead atoms. The molecule has 10 N–H and O–H groups in total. The van der Waals surface area contributed by atoms with Gasteiger partial charge in [0.25, 0.3) is 29.5 Å². The summed E-state index contributed by atoms with van der Waals surface area (Å²) in [4.78, 5) is 95.2. The van der Waals surface area contributed by atoms with Crippen molar-refractivity contribution >= 4 is 69.6 Å². The molecular formula is C35H28ClN7O8. The second-order valence-corrected chi connectivity index (χ2v) is 11.5. The molecule has 0 saturated heterocycles. The number of fused-ring (bicyclic) bond motifs is 1. The van der Waals surface area contributed by atoms with Gasteiger partial charge in [-0.05, 0) is 53.9 Å². The summed E-state index contributed by atoms with van der Waals surface area (Å²) in [7, 11) is 0. The van der Waals surface area contributed by atoms with Crippen LogP contribution in [-0.4, -0.2) is 52.8 Å². The number of nitrogens with two attached hydrogens (primary N) is 4. The van der Waals surface area contributed by atoms with Gasteiger partial charge in [0.15, 0.2) is 5.58 Å². The maximum absolute atomic E-state index is 13.7. The first-order valence-electron chi connectivity index (χ1n) is 15.1. The topological polar surface area (TPSA) is 274 Å². The van der Waals surface area contributed by atoms with Crippen molar-refractivity contribution in [2.45, 2.75) is 12.8 Å². The van der Waals surface area contributed by atoms with Crippen LogP contribution in [0.1, 0.15) is 85.7 Å². The molecular weight excluding hydrogens is 682 g/mol. The molecule has 0 atom stereocenters. The molecule has 15 nitrogen and oxygen atoms in total. The first kappa shape index (κ1) is 35.4. The molecule has 16 heteroatoms. The number of nitrogens with one attached hydrogen (secondary N) is 2. The fourth-order valence-electron chi connectivity index (χ4n) is 5.39. The number of carbonyl (C=O) groups is 7. The maximum atomic E-state index is 13.7. The van der Waals surface area contributed by atoms with Crippen molar-refractivity contribution in [2.24, 2.45) is 22.9 Å². The first-order valence-corrected chi connectivity index (χ1v) is 15.4. The maximum Gasteiger partial charge on any atom is 0.264 e. The van der Waals surface area contributed by atoms with Crippen LogP contribution in [-0.2, 0) is 0 Å². The lowest BCUT2D eigenvalue weighted by atomic mass is 9.87.